The molecule has 2 aromatic carbocycles. The zero-order valence-corrected chi connectivity index (χ0v) is 31.0. The number of hydrogen-bond donors (Lipinski definition) is 6. The van der Waals surface area contributed by atoms with E-state index in [-0.39, 0.29) is 50.3 Å². The van der Waals surface area contributed by atoms with Gasteiger partial charge in [-0.2, -0.15) is 0 Å². The van der Waals surface area contributed by atoms with Crippen LogP contribution in [0.4, 0.5) is 10.1 Å². The summed E-state index contributed by atoms with van der Waals surface area (Å²) in [7, 11) is 0. The van der Waals surface area contributed by atoms with Crippen molar-refractivity contribution in [2.75, 3.05) is 42.6 Å². The predicted molar refractivity (Wildman–Crippen MR) is 199 cm³/mol. The molecule has 5 heterocycles. The topological polar surface area (TPSA) is 273 Å². The maximum atomic E-state index is 15.4. The SMILES string of the molecule is O=CN1CCN(c2cc3[nH]cc(C(=O)NC(C(=O)NC4C(=O)N5C(C(=O)O)=C(CSc6nnnn6CC(=O)O)CS[C@@H]45)c4ccc(O)cc4)c(=O)c3cc2F)CC1. The Bertz CT molecular complexity index is 2400. The first-order valence-corrected chi connectivity index (χ1v) is 19.1. The number of carbonyl (C=O) groups excluding carboxylic acids is 4. The number of anilines is 1. The number of fused-ring (bicyclic) bond motifs is 2. The molecule has 4 aromatic rings. The summed E-state index contributed by atoms with van der Waals surface area (Å²) in [5, 5.41) is 44.1. The van der Waals surface area contributed by atoms with Crippen LogP contribution in [0.2, 0.25) is 0 Å². The monoisotopic (exact) mass is 822 g/mol. The molecule has 2 saturated heterocycles. The number of pyridine rings is 1. The van der Waals surface area contributed by atoms with Crippen molar-refractivity contribution >= 4 is 76.2 Å². The third kappa shape index (κ3) is 7.70. The Morgan fingerprint density at radius 1 is 1.09 bits per heavy atom. The number of benzene rings is 2. The van der Waals surface area contributed by atoms with E-state index in [9.17, 15) is 43.8 Å². The first kappa shape index (κ1) is 38.8. The van der Waals surface area contributed by atoms with Crippen LogP contribution in [0.25, 0.3) is 10.9 Å². The molecule has 0 saturated carbocycles. The quantitative estimate of drug-likeness (QED) is 0.0575. The molecule has 23 heteroatoms. The number of aromatic amines is 1. The Balaban J connectivity index is 1.08. The number of piperazine rings is 1. The van der Waals surface area contributed by atoms with Gasteiger partial charge in [0.2, 0.25) is 22.9 Å². The van der Waals surface area contributed by atoms with E-state index in [4.69, 9.17) is 5.11 Å². The van der Waals surface area contributed by atoms with Gasteiger partial charge in [0.25, 0.3) is 11.8 Å². The summed E-state index contributed by atoms with van der Waals surface area (Å²) in [5.74, 6) is -5.95. The maximum Gasteiger partial charge on any atom is 0.352 e. The summed E-state index contributed by atoms with van der Waals surface area (Å²) in [6.45, 7) is 1.01. The van der Waals surface area contributed by atoms with Crippen LogP contribution < -0.4 is 21.0 Å². The number of nitrogens with zero attached hydrogens (tertiary/aromatic N) is 7. The summed E-state index contributed by atoms with van der Waals surface area (Å²) in [6, 6.07) is 4.95. The number of aromatic nitrogens is 5. The second-order valence-corrected chi connectivity index (χ2v) is 15.0. The first-order chi connectivity index (χ1) is 27.3. The van der Waals surface area contributed by atoms with Crippen molar-refractivity contribution in [1.29, 1.82) is 0 Å². The Morgan fingerprint density at radius 3 is 2.51 bits per heavy atom. The molecule has 2 aromatic heterocycles. The highest BCUT2D eigenvalue weighted by molar-refractivity contribution is 8.01. The molecule has 3 atom stereocenters. The molecule has 57 heavy (non-hydrogen) atoms. The van der Waals surface area contributed by atoms with Crippen molar-refractivity contribution < 1.29 is 48.5 Å². The Labute approximate surface area is 328 Å². The fourth-order valence-corrected chi connectivity index (χ4v) is 8.96. The summed E-state index contributed by atoms with van der Waals surface area (Å²) >= 11 is 2.16. The summed E-state index contributed by atoms with van der Waals surface area (Å²) in [4.78, 5) is 96.4. The van der Waals surface area contributed by atoms with E-state index in [2.05, 4.69) is 31.1 Å². The number of aromatic hydroxyl groups is 1. The van der Waals surface area contributed by atoms with Crippen molar-refractivity contribution in [2.24, 2.45) is 0 Å². The lowest BCUT2D eigenvalue weighted by Gasteiger charge is -2.49. The van der Waals surface area contributed by atoms with Gasteiger partial charge in [-0.25, -0.2) is 13.9 Å². The van der Waals surface area contributed by atoms with Gasteiger partial charge in [0.1, 0.15) is 46.8 Å². The fraction of sp³-hybridized carbons (Fsp3) is 0.294. The third-order valence-electron chi connectivity index (χ3n) is 9.47. The number of tetrazole rings is 1. The van der Waals surface area contributed by atoms with Crippen LogP contribution >= 0.6 is 23.5 Å². The van der Waals surface area contributed by atoms with Gasteiger partial charge in [-0.1, -0.05) is 23.9 Å². The zero-order chi connectivity index (χ0) is 40.5. The molecule has 0 radical (unpaired) electrons. The molecule has 20 nitrogen and oxygen atoms in total. The van der Waals surface area contributed by atoms with Crippen molar-refractivity contribution in [3.8, 4) is 5.75 Å². The van der Waals surface area contributed by atoms with Crippen LogP contribution in [0.15, 0.2) is 63.8 Å². The second kappa shape index (κ2) is 15.9. The minimum Gasteiger partial charge on any atom is -0.508 e. The van der Waals surface area contributed by atoms with Crippen LogP contribution in [-0.2, 0) is 30.5 Å². The van der Waals surface area contributed by atoms with Crippen molar-refractivity contribution in [2.45, 2.75) is 29.2 Å². The van der Waals surface area contributed by atoms with Crippen LogP contribution in [-0.4, -0.2) is 135 Å². The number of H-pyrrole nitrogens is 1. The molecule has 3 aliphatic rings. The van der Waals surface area contributed by atoms with Crippen molar-refractivity contribution in [3.05, 3.63) is 81.0 Å². The summed E-state index contributed by atoms with van der Waals surface area (Å²) in [5.41, 5.74) is -0.628. The van der Waals surface area contributed by atoms with E-state index in [1.807, 2.05) is 0 Å². The fourth-order valence-electron chi connectivity index (χ4n) is 6.59. The molecule has 2 unspecified atom stereocenters. The van der Waals surface area contributed by atoms with Gasteiger partial charge in [-0.05, 0) is 45.8 Å². The lowest BCUT2D eigenvalue weighted by atomic mass is 10.0. The highest BCUT2D eigenvalue weighted by Crippen LogP contribution is 2.41. The first-order valence-electron chi connectivity index (χ1n) is 17.0. The van der Waals surface area contributed by atoms with Gasteiger partial charge in [0, 0.05) is 49.3 Å². The van der Waals surface area contributed by atoms with Gasteiger partial charge in [-0.15, -0.1) is 16.9 Å². The van der Waals surface area contributed by atoms with Gasteiger partial charge >= 0.3 is 11.9 Å². The molecule has 6 N–H and O–H groups in total. The molecular formula is C34H31FN10O10S2. The molecule has 0 aliphatic carbocycles. The maximum absolute atomic E-state index is 15.4. The number of carbonyl (C=O) groups is 6. The number of phenolic OH excluding ortho intramolecular Hbond substituents is 1. The van der Waals surface area contributed by atoms with Gasteiger partial charge in [0.15, 0.2) is 0 Å². The highest BCUT2D eigenvalue weighted by Gasteiger charge is 2.54. The minimum atomic E-state index is -1.52. The number of nitrogens with one attached hydrogen (secondary N) is 3. The normalized spacial score (nSPS) is 18.5. The molecule has 3 aliphatic heterocycles. The molecule has 296 valence electrons. The Kier molecular flexibility index (Phi) is 10.8. The lowest BCUT2D eigenvalue weighted by molar-refractivity contribution is -0.151. The second-order valence-electron chi connectivity index (χ2n) is 13.0. The number of carboxylic acid groups (broad SMARTS) is 2. The largest absolute Gasteiger partial charge is 0.508 e. The van der Waals surface area contributed by atoms with Crippen molar-refractivity contribution in [3.63, 3.8) is 0 Å². The van der Waals surface area contributed by atoms with E-state index in [1.165, 1.54) is 42.1 Å². The number of carboxylic acids is 2. The third-order valence-corrected chi connectivity index (χ3v) is 11.9. The van der Waals surface area contributed by atoms with E-state index in [0.29, 0.717) is 31.8 Å². The molecule has 2 fully saturated rings. The Hall–Kier alpha value is -6.49. The van der Waals surface area contributed by atoms with Gasteiger partial charge in [0.05, 0.1) is 11.2 Å². The summed E-state index contributed by atoms with van der Waals surface area (Å²) in [6.07, 6.45) is 1.85. The number of rotatable bonds is 13. The van der Waals surface area contributed by atoms with E-state index in [1.54, 1.807) is 9.80 Å². The number of β-lactam (4-membered cyclic amide) rings is 1. The van der Waals surface area contributed by atoms with Crippen LogP contribution in [0.1, 0.15) is 22.0 Å². The minimum absolute atomic E-state index is 0.0125. The number of phenols is 1. The average Bonchev–Trinajstić information content (AvgIpc) is 3.64. The molecule has 0 spiro atoms. The van der Waals surface area contributed by atoms with Crippen LogP contribution in [0.5, 0.6) is 5.75 Å². The molecule has 0 bridgehead atoms. The number of halogens is 1. The van der Waals surface area contributed by atoms with E-state index in [0.717, 1.165) is 40.0 Å². The average molecular weight is 823 g/mol. The predicted octanol–water partition coefficient (Wildman–Crippen LogP) is -0.276. The van der Waals surface area contributed by atoms with Gasteiger partial charge < -0.3 is 40.7 Å². The number of aliphatic carboxylic acids is 2. The Morgan fingerprint density at radius 2 is 1.82 bits per heavy atom. The van der Waals surface area contributed by atoms with E-state index < -0.39 is 70.5 Å². The lowest BCUT2D eigenvalue weighted by Crippen LogP contribution is -2.71. The number of hydrogen-bond acceptors (Lipinski definition) is 14. The molecular weight excluding hydrogens is 792 g/mol. The number of amides is 4. The number of thioether (sulfide) groups is 2. The zero-order valence-electron chi connectivity index (χ0n) is 29.3. The van der Waals surface area contributed by atoms with Crippen LogP contribution in [0.3, 0.4) is 0 Å². The standard InChI is InChI=1S/C34H31FN10O10S2/c35-21-9-19-22(10-23(21)43-7-5-42(15-46)6-8-43)36-11-20(28(19)50)29(51)37-25(16-1-3-18(47)4-2-16)30(52)38-26-31(53)45-27(33(54)55)17(13-56-32(26)45)14-57-34-39-40-41-44(34)12-24(48)49/h1-4,9-11,15,25-26,32,47H,5-8,12-14H2,(H,36,50)(H,37,51)(H,38,52)(H,48,49)(H,54,55)/t25?,26?,32-/m0/s1. The summed E-state index contributed by atoms with van der Waals surface area (Å²) < 4.78 is 16.4. The highest BCUT2D eigenvalue weighted by atomic mass is 32.2. The van der Waals surface area contributed by atoms with Crippen molar-refractivity contribution in [1.82, 2.24) is 45.6 Å². The van der Waals surface area contributed by atoms with Crippen LogP contribution in [0, 0.1) is 5.82 Å². The van der Waals surface area contributed by atoms with Gasteiger partial charge in [-0.3, -0.25) is 33.7 Å². The smallest absolute Gasteiger partial charge is 0.352 e. The van der Waals surface area contributed by atoms with E-state index >= 15 is 4.39 Å². The molecule has 7 rings (SSSR count). The molecule has 4 amide bonds.